The summed E-state index contributed by atoms with van der Waals surface area (Å²) in [5, 5.41) is 6.59. The number of hydrogen-bond acceptors (Lipinski definition) is 6. The van der Waals surface area contributed by atoms with Crippen LogP contribution in [0.4, 0.5) is 17.5 Å². The summed E-state index contributed by atoms with van der Waals surface area (Å²) in [5.41, 5.74) is 3.05. The van der Waals surface area contributed by atoms with Gasteiger partial charge in [-0.25, -0.2) is 9.78 Å². The van der Waals surface area contributed by atoms with Crippen LogP contribution in [0.15, 0.2) is 60.7 Å². The summed E-state index contributed by atoms with van der Waals surface area (Å²) in [6.07, 6.45) is 1.03. The molecular weight excluding hydrogens is 364 g/mol. The van der Waals surface area contributed by atoms with Crippen molar-refractivity contribution in [3.63, 3.8) is 0 Å². The molecule has 0 amide bonds. The maximum atomic E-state index is 11.8. The van der Waals surface area contributed by atoms with E-state index in [9.17, 15) is 4.79 Å². The summed E-state index contributed by atoms with van der Waals surface area (Å²) in [6.45, 7) is 5.17. The predicted molar refractivity (Wildman–Crippen MR) is 116 cm³/mol. The van der Waals surface area contributed by atoms with E-state index < -0.39 is 0 Å². The van der Waals surface area contributed by atoms with Crippen molar-refractivity contribution in [1.29, 1.82) is 0 Å². The number of carbonyl (C=O) groups is 1. The first kappa shape index (κ1) is 20.3. The smallest absolute Gasteiger partial charge is 0.337 e. The molecule has 0 saturated heterocycles. The largest absolute Gasteiger partial charge is 0.465 e. The molecule has 2 aromatic carbocycles. The highest BCUT2D eigenvalue weighted by Gasteiger charge is 2.09. The molecule has 0 aliphatic rings. The molecule has 1 heterocycles. The number of benzene rings is 2. The van der Waals surface area contributed by atoms with E-state index in [1.807, 2.05) is 42.5 Å². The second-order valence-corrected chi connectivity index (χ2v) is 7.13. The van der Waals surface area contributed by atoms with Crippen LogP contribution in [0.1, 0.15) is 30.6 Å². The van der Waals surface area contributed by atoms with Gasteiger partial charge < -0.3 is 15.4 Å². The Hall–Kier alpha value is -3.41. The highest BCUT2D eigenvalue weighted by Crippen LogP contribution is 2.24. The lowest BCUT2D eigenvalue weighted by Crippen LogP contribution is -2.09. The quantitative estimate of drug-likeness (QED) is 0.519. The SMILES string of the molecule is COC(=O)c1cccc(Nc2cc(-c3ccccc3)nc(NCCC(C)C)n2)c1. The highest BCUT2D eigenvalue weighted by atomic mass is 16.5. The molecule has 150 valence electrons. The van der Waals surface area contributed by atoms with Crippen molar-refractivity contribution in [3.8, 4) is 11.3 Å². The van der Waals surface area contributed by atoms with Crippen molar-refractivity contribution in [2.75, 3.05) is 24.3 Å². The zero-order chi connectivity index (χ0) is 20.6. The van der Waals surface area contributed by atoms with Crippen LogP contribution in [-0.2, 0) is 4.74 Å². The molecule has 3 rings (SSSR count). The molecule has 0 spiro atoms. The first-order valence-corrected chi connectivity index (χ1v) is 9.69. The van der Waals surface area contributed by atoms with Gasteiger partial charge in [-0.2, -0.15) is 4.98 Å². The van der Waals surface area contributed by atoms with Gasteiger partial charge in [-0.3, -0.25) is 0 Å². The van der Waals surface area contributed by atoms with Crippen molar-refractivity contribution < 1.29 is 9.53 Å². The molecule has 0 unspecified atom stereocenters. The van der Waals surface area contributed by atoms with Crippen molar-refractivity contribution in [3.05, 3.63) is 66.2 Å². The molecule has 0 bridgehead atoms. The van der Waals surface area contributed by atoms with Crippen molar-refractivity contribution in [2.24, 2.45) is 5.92 Å². The fourth-order valence-corrected chi connectivity index (χ4v) is 2.81. The Morgan fingerprint density at radius 3 is 2.55 bits per heavy atom. The zero-order valence-electron chi connectivity index (χ0n) is 17.0. The molecule has 29 heavy (non-hydrogen) atoms. The number of ether oxygens (including phenoxy) is 1. The highest BCUT2D eigenvalue weighted by molar-refractivity contribution is 5.90. The zero-order valence-corrected chi connectivity index (χ0v) is 17.0. The lowest BCUT2D eigenvalue weighted by Gasteiger charge is -2.12. The minimum Gasteiger partial charge on any atom is -0.465 e. The van der Waals surface area contributed by atoms with Gasteiger partial charge in [0, 0.05) is 23.9 Å². The van der Waals surface area contributed by atoms with Gasteiger partial charge in [-0.1, -0.05) is 50.2 Å². The van der Waals surface area contributed by atoms with Crippen LogP contribution in [0.25, 0.3) is 11.3 Å². The first-order valence-electron chi connectivity index (χ1n) is 9.69. The molecule has 3 aromatic rings. The van der Waals surface area contributed by atoms with Crippen molar-refractivity contribution in [2.45, 2.75) is 20.3 Å². The number of rotatable bonds is 8. The molecule has 1 aromatic heterocycles. The Bertz CT molecular complexity index is 958. The standard InChI is InChI=1S/C23H26N4O2/c1-16(2)12-13-24-23-26-20(17-8-5-4-6-9-17)15-21(27-23)25-19-11-7-10-18(14-19)22(28)29-3/h4-11,14-16H,12-13H2,1-3H3,(H2,24,25,26,27). The van der Waals surface area contributed by atoms with Gasteiger partial charge in [0.2, 0.25) is 5.95 Å². The molecule has 0 atom stereocenters. The number of esters is 1. The summed E-state index contributed by atoms with van der Waals surface area (Å²) < 4.78 is 4.80. The van der Waals surface area contributed by atoms with E-state index in [1.165, 1.54) is 7.11 Å². The second kappa shape index (κ2) is 9.68. The van der Waals surface area contributed by atoms with Crippen molar-refractivity contribution in [1.82, 2.24) is 9.97 Å². The number of hydrogen-bond donors (Lipinski definition) is 2. The molecule has 0 saturated carbocycles. The van der Waals surface area contributed by atoms with Crippen LogP contribution in [0.2, 0.25) is 0 Å². The van der Waals surface area contributed by atoms with E-state index in [2.05, 4.69) is 34.4 Å². The third kappa shape index (κ3) is 5.78. The Balaban J connectivity index is 1.89. The van der Waals surface area contributed by atoms with E-state index in [4.69, 9.17) is 4.74 Å². The third-order valence-electron chi connectivity index (χ3n) is 4.36. The van der Waals surface area contributed by atoms with E-state index >= 15 is 0 Å². The Morgan fingerprint density at radius 2 is 1.83 bits per heavy atom. The normalized spacial score (nSPS) is 10.6. The van der Waals surface area contributed by atoms with Crippen LogP contribution in [-0.4, -0.2) is 29.6 Å². The average molecular weight is 390 g/mol. The monoisotopic (exact) mass is 390 g/mol. The summed E-state index contributed by atoms with van der Waals surface area (Å²) in [7, 11) is 1.37. The van der Waals surface area contributed by atoms with E-state index in [0.29, 0.717) is 23.2 Å². The van der Waals surface area contributed by atoms with Gasteiger partial charge in [0.25, 0.3) is 0 Å². The molecule has 0 aliphatic carbocycles. The van der Waals surface area contributed by atoms with Gasteiger partial charge >= 0.3 is 5.97 Å². The number of carbonyl (C=O) groups excluding carboxylic acids is 1. The summed E-state index contributed by atoms with van der Waals surface area (Å²) >= 11 is 0. The van der Waals surface area contributed by atoms with Crippen LogP contribution >= 0.6 is 0 Å². The molecular formula is C23H26N4O2. The molecule has 6 nitrogen and oxygen atoms in total. The number of anilines is 3. The van der Waals surface area contributed by atoms with E-state index in [1.54, 1.807) is 18.2 Å². The van der Waals surface area contributed by atoms with E-state index in [-0.39, 0.29) is 5.97 Å². The Morgan fingerprint density at radius 1 is 1.03 bits per heavy atom. The van der Waals surface area contributed by atoms with Crippen LogP contribution in [0.5, 0.6) is 0 Å². The number of nitrogens with zero attached hydrogens (tertiary/aromatic N) is 2. The molecule has 6 heteroatoms. The minimum atomic E-state index is -0.377. The van der Waals surface area contributed by atoms with Gasteiger partial charge in [0.15, 0.2) is 0 Å². The second-order valence-electron chi connectivity index (χ2n) is 7.13. The molecule has 0 aliphatic heterocycles. The maximum absolute atomic E-state index is 11.8. The molecule has 0 fully saturated rings. The van der Waals surface area contributed by atoms with Gasteiger partial charge in [-0.05, 0) is 30.5 Å². The fourth-order valence-electron chi connectivity index (χ4n) is 2.81. The van der Waals surface area contributed by atoms with Gasteiger partial charge in [-0.15, -0.1) is 0 Å². The average Bonchev–Trinajstić information content (AvgIpc) is 2.73. The molecule has 0 radical (unpaired) electrons. The number of methoxy groups -OCH3 is 1. The first-order chi connectivity index (χ1) is 14.0. The minimum absolute atomic E-state index is 0.377. The van der Waals surface area contributed by atoms with Crippen molar-refractivity contribution >= 4 is 23.4 Å². The maximum Gasteiger partial charge on any atom is 0.337 e. The Labute approximate surface area is 171 Å². The van der Waals surface area contributed by atoms with E-state index in [0.717, 1.165) is 29.9 Å². The van der Waals surface area contributed by atoms with Crippen LogP contribution in [0, 0.1) is 5.92 Å². The van der Waals surface area contributed by atoms with Gasteiger partial charge in [0.1, 0.15) is 5.82 Å². The van der Waals surface area contributed by atoms with Crippen LogP contribution in [0.3, 0.4) is 0 Å². The van der Waals surface area contributed by atoms with Gasteiger partial charge in [0.05, 0.1) is 18.4 Å². The third-order valence-corrected chi connectivity index (χ3v) is 4.36. The van der Waals surface area contributed by atoms with Crippen LogP contribution < -0.4 is 10.6 Å². The topological polar surface area (TPSA) is 76.1 Å². The summed E-state index contributed by atoms with van der Waals surface area (Å²) in [6, 6.07) is 19.0. The summed E-state index contributed by atoms with van der Waals surface area (Å²) in [5.74, 6) is 1.43. The number of aromatic nitrogens is 2. The predicted octanol–water partition coefficient (Wildman–Crippen LogP) is 5.13. The lowest BCUT2D eigenvalue weighted by atomic mass is 10.1. The lowest BCUT2D eigenvalue weighted by molar-refractivity contribution is 0.0601. The fraction of sp³-hybridized carbons (Fsp3) is 0.261. The molecule has 2 N–H and O–H groups in total. The summed E-state index contributed by atoms with van der Waals surface area (Å²) in [4.78, 5) is 21.1. The number of nitrogens with one attached hydrogen (secondary N) is 2. The Kier molecular flexibility index (Phi) is 6.79.